The summed E-state index contributed by atoms with van der Waals surface area (Å²) in [5, 5.41) is 0.750. The summed E-state index contributed by atoms with van der Waals surface area (Å²) in [6.45, 7) is 2.66. The Labute approximate surface area is 160 Å². The second-order valence-electron chi connectivity index (χ2n) is 6.80. The highest BCUT2D eigenvalue weighted by atomic mass is 35.5. The van der Waals surface area contributed by atoms with Crippen LogP contribution < -0.4 is 9.64 Å². The Kier molecular flexibility index (Phi) is 6.17. The normalized spacial score (nSPS) is 17.7. The van der Waals surface area contributed by atoms with E-state index in [9.17, 15) is 4.79 Å². The number of carbonyl (C=O) groups excluding carboxylic acids is 1. The molecule has 1 fully saturated rings. The second kappa shape index (κ2) is 8.56. The molecule has 4 nitrogen and oxygen atoms in total. The van der Waals surface area contributed by atoms with Crippen LogP contribution >= 0.6 is 11.6 Å². The number of likely N-dealkylation sites (tertiary alicyclic amines) is 1. The van der Waals surface area contributed by atoms with Crippen molar-refractivity contribution in [1.29, 1.82) is 0 Å². The first kappa shape index (κ1) is 18.7. The van der Waals surface area contributed by atoms with E-state index in [1.807, 2.05) is 43.4 Å². The molecule has 0 aromatic heterocycles. The Morgan fingerprint density at radius 2 is 2.04 bits per heavy atom. The number of hydrogen-bond acceptors (Lipinski definition) is 3. The molecule has 1 amide bonds. The number of carbonyl (C=O) groups is 1. The summed E-state index contributed by atoms with van der Waals surface area (Å²) in [5.41, 5.74) is 2.09. The zero-order valence-electron chi connectivity index (χ0n) is 15.3. The largest absolute Gasteiger partial charge is 0.497 e. The minimum Gasteiger partial charge on any atom is -0.497 e. The fourth-order valence-corrected chi connectivity index (χ4v) is 3.59. The highest BCUT2D eigenvalue weighted by Gasteiger charge is 2.28. The summed E-state index contributed by atoms with van der Waals surface area (Å²) in [6, 6.07) is 15.6. The van der Waals surface area contributed by atoms with Gasteiger partial charge in [0.05, 0.1) is 13.0 Å². The maximum atomic E-state index is 13.0. The topological polar surface area (TPSA) is 32.8 Å². The van der Waals surface area contributed by atoms with Crippen LogP contribution in [-0.2, 0) is 11.3 Å². The molecule has 0 bridgehead atoms. The van der Waals surface area contributed by atoms with Crippen molar-refractivity contribution in [2.45, 2.75) is 19.4 Å². The Bertz CT molecular complexity index is 748. The molecule has 0 radical (unpaired) electrons. The van der Waals surface area contributed by atoms with Gasteiger partial charge in [-0.2, -0.15) is 0 Å². The number of methoxy groups -OCH3 is 1. The summed E-state index contributed by atoms with van der Waals surface area (Å²) < 4.78 is 5.27. The van der Waals surface area contributed by atoms with Gasteiger partial charge in [0.15, 0.2) is 0 Å². The zero-order valence-corrected chi connectivity index (χ0v) is 16.1. The van der Waals surface area contributed by atoms with Crippen LogP contribution in [0.3, 0.4) is 0 Å². The van der Waals surface area contributed by atoms with Gasteiger partial charge in [0, 0.05) is 36.9 Å². The van der Waals surface area contributed by atoms with E-state index in [1.165, 1.54) is 5.56 Å². The third kappa shape index (κ3) is 4.57. The van der Waals surface area contributed by atoms with Crippen LogP contribution in [0, 0.1) is 5.92 Å². The fraction of sp³-hybridized carbons (Fsp3) is 0.381. The van der Waals surface area contributed by atoms with Crippen molar-refractivity contribution in [3.8, 4) is 5.75 Å². The first-order valence-corrected chi connectivity index (χ1v) is 9.33. The Balaban J connectivity index is 1.64. The number of ether oxygens (including phenoxy) is 1. The lowest BCUT2D eigenvalue weighted by atomic mass is 9.96. The predicted molar refractivity (Wildman–Crippen MR) is 106 cm³/mol. The number of hydrogen-bond donors (Lipinski definition) is 0. The lowest BCUT2D eigenvalue weighted by molar-refractivity contribution is -0.123. The highest BCUT2D eigenvalue weighted by molar-refractivity contribution is 6.30. The number of piperidine rings is 1. The second-order valence-corrected chi connectivity index (χ2v) is 7.24. The SMILES string of the molecule is COc1cccc(N(C)C(=O)C2CCCN(Cc3ccc(Cl)cc3)C2)c1. The van der Waals surface area contributed by atoms with Crippen LogP contribution in [0.2, 0.25) is 5.02 Å². The average Bonchev–Trinajstić information content (AvgIpc) is 2.69. The molecule has 1 aliphatic heterocycles. The third-order valence-corrected chi connectivity index (χ3v) is 5.20. The number of nitrogens with zero attached hydrogens (tertiary/aromatic N) is 2. The van der Waals surface area contributed by atoms with Crippen LogP contribution in [0.25, 0.3) is 0 Å². The van der Waals surface area contributed by atoms with Gasteiger partial charge in [0.2, 0.25) is 5.91 Å². The summed E-state index contributed by atoms with van der Waals surface area (Å²) in [6.07, 6.45) is 1.97. The highest BCUT2D eigenvalue weighted by Crippen LogP contribution is 2.25. The minimum absolute atomic E-state index is 0.0206. The van der Waals surface area contributed by atoms with E-state index >= 15 is 0 Å². The molecule has 138 valence electrons. The number of anilines is 1. The van der Waals surface area contributed by atoms with Crippen molar-refractivity contribution in [3.05, 3.63) is 59.1 Å². The monoisotopic (exact) mass is 372 g/mol. The zero-order chi connectivity index (χ0) is 18.5. The van der Waals surface area contributed by atoms with Crippen molar-refractivity contribution < 1.29 is 9.53 Å². The van der Waals surface area contributed by atoms with E-state index in [0.717, 1.165) is 48.9 Å². The Hall–Kier alpha value is -2.04. The molecule has 0 spiro atoms. The van der Waals surface area contributed by atoms with Gasteiger partial charge in [0.1, 0.15) is 5.75 Å². The van der Waals surface area contributed by atoms with E-state index in [2.05, 4.69) is 17.0 Å². The first-order chi connectivity index (χ1) is 12.6. The Morgan fingerprint density at radius 3 is 2.77 bits per heavy atom. The minimum atomic E-state index is 0.0206. The van der Waals surface area contributed by atoms with Crippen LogP contribution in [0.15, 0.2) is 48.5 Å². The van der Waals surface area contributed by atoms with E-state index in [4.69, 9.17) is 16.3 Å². The molecule has 1 saturated heterocycles. The molecule has 0 N–H and O–H groups in total. The van der Waals surface area contributed by atoms with Crippen molar-refractivity contribution in [1.82, 2.24) is 4.90 Å². The van der Waals surface area contributed by atoms with E-state index in [0.29, 0.717) is 0 Å². The molecule has 0 saturated carbocycles. The molecule has 5 heteroatoms. The lowest BCUT2D eigenvalue weighted by Crippen LogP contribution is -2.43. The quantitative estimate of drug-likeness (QED) is 0.787. The van der Waals surface area contributed by atoms with Gasteiger partial charge in [-0.3, -0.25) is 9.69 Å². The van der Waals surface area contributed by atoms with Crippen LogP contribution in [0.4, 0.5) is 5.69 Å². The van der Waals surface area contributed by atoms with Crippen molar-refractivity contribution >= 4 is 23.2 Å². The number of halogens is 1. The smallest absolute Gasteiger partial charge is 0.231 e. The van der Waals surface area contributed by atoms with Gasteiger partial charge in [0.25, 0.3) is 0 Å². The molecule has 1 unspecified atom stereocenters. The summed E-state index contributed by atoms with van der Waals surface area (Å²) in [7, 11) is 3.48. The molecule has 1 heterocycles. The van der Waals surface area contributed by atoms with Crippen LogP contribution in [0.5, 0.6) is 5.75 Å². The van der Waals surface area contributed by atoms with Crippen molar-refractivity contribution in [2.24, 2.45) is 5.92 Å². The summed E-state index contributed by atoms with van der Waals surface area (Å²) in [5.74, 6) is 0.946. The summed E-state index contributed by atoms with van der Waals surface area (Å²) >= 11 is 5.96. The maximum Gasteiger partial charge on any atom is 0.231 e. The van der Waals surface area contributed by atoms with E-state index < -0.39 is 0 Å². The van der Waals surface area contributed by atoms with Gasteiger partial charge in [-0.1, -0.05) is 29.8 Å². The predicted octanol–water partition coefficient (Wildman–Crippen LogP) is 4.22. The third-order valence-electron chi connectivity index (χ3n) is 4.95. The van der Waals surface area contributed by atoms with Gasteiger partial charge >= 0.3 is 0 Å². The molecule has 0 aliphatic carbocycles. The van der Waals surface area contributed by atoms with E-state index in [1.54, 1.807) is 12.0 Å². The van der Waals surface area contributed by atoms with Gasteiger partial charge in [-0.25, -0.2) is 0 Å². The number of rotatable bonds is 5. The molecule has 1 atom stereocenters. The average molecular weight is 373 g/mol. The van der Waals surface area contributed by atoms with Gasteiger partial charge in [-0.05, 0) is 49.2 Å². The number of benzene rings is 2. The molecule has 26 heavy (non-hydrogen) atoms. The standard InChI is InChI=1S/C21H25ClN2O2/c1-23(19-6-3-7-20(13-19)26-2)21(25)17-5-4-12-24(15-17)14-16-8-10-18(22)11-9-16/h3,6-11,13,17H,4-5,12,14-15H2,1-2H3. The van der Waals surface area contributed by atoms with Gasteiger partial charge < -0.3 is 9.64 Å². The van der Waals surface area contributed by atoms with E-state index in [-0.39, 0.29) is 11.8 Å². The van der Waals surface area contributed by atoms with Gasteiger partial charge in [-0.15, -0.1) is 0 Å². The molecular weight excluding hydrogens is 348 g/mol. The van der Waals surface area contributed by atoms with Crippen molar-refractivity contribution in [3.63, 3.8) is 0 Å². The number of amides is 1. The van der Waals surface area contributed by atoms with Crippen LogP contribution in [0.1, 0.15) is 18.4 Å². The maximum absolute atomic E-state index is 13.0. The molecule has 2 aromatic carbocycles. The lowest BCUT2D eigenvalue weighted by Gasteiger charge is -2.34. The molecule has 1 aliphatic rings. The first-order valence-electron chi connectivity index (χ1n) is 8.95. The summed E-state index contributed by atoms with van der Waals surface area (Å²) in [4.78, 5) is 17.1. The van der Waals surface area contributed by atoms with Crippen molar-refractivity contribution in [2.75, 3.05) is 32.1 Å². The van der Waals surface area contributed by atoms with Crippen LogP contribution in [-0.4, -0.2) is 38.1 Å². The Morgan fingerprint density at radius 1 is 1.27 bits per heavy atom. The fourth-order valence-electron chi connectivity index (χ4n) is 3.47. The molecule has 2 aromatic rings. The molecule has 3 rings (SSSR count). The molecular formula is C21H25ClN2O2.